The Morgan fingerprint density at radius 3 is 2.32 bits per heavy atom. The van der Waals surface area contributed by atoms with E-state index in [9.17, 15) is 9.59 Å². The lowest BCUT2D eigenvalue weighted by molar-refractivity contribution is -0.114. The molecule has 4 aromatic rings. The first-order chi connectivity index (χ1) is 13.6. The first-order valence-electron chi connectivity index (χ1n) is 8.68. The quantitative estimate of drug-likeness (QED) is 0.573. The predicted octanol–water partition coefficient (Wildman–Crippen LogP) is 3.63. The molecule has 0 saturated heterocycles. The Labute approximate surface area is 161 Å². The summed E-state index contributed by atoms with van der Waals surface area (Å²) < 4.78 is 1.89. The lowest BCUT2D eigenvalue weighted by Crippen LogP contribution is -2.12. The second kappa shape index (κ2) is 7.32. The fourth-order valence-corrected chi connectivity index (χ4v) is 2.86. The van der Waals surface area contributed by atoms with Crippen molar-refractivity contribution in [3.05, 3.63) is 78.8 Å². The standard InChI is InChI=1S/C21H17N5O2/c1-14(27)24-16-8-6-15(7-9-16)21(28)25-17-10-11-20(22-12-17)26-13-23-18-4-2-3-5-19(18)26/h2-13H,1H3,(H,24,27)(H,25,28). The number of rotatable bonds is 4. The van der Waals surface area contributed by atoms with Crippen molar-refractivity contribution in [1.29, 1.82) is 0 Å². The van der Waals surface area contributed by atoms with Crippen molar-refractivity contribution in [3.8, 4) is 5.82 Å². The van der Waals surface area contributed by atoms with Crippen LogP contribution in [0.1, 0.15) is 17.3 Å². The molecule has 28 heavy (non-hydrogen) atoms. The Morgan fingerprint density at radius 1 is 0.857 bits per heavy atom. The van der Waals surface area contributed by atoms with E-state index in [4.69, 9.17) is 0 Å². The van der Waals surface area contributed by atoms with E-state index >= 15 is 0 Å². The molecule has 7 heteroatoms. The van der Waals surface area contributed by atoms with Crippen LogP contribution in [0.2, 0.25) is 0 Å². The average Bonchev–Trinajstić information content (AvgIpc) is 3.13. The van der Waals surface area contributed by atoms with Gasteiger partial charge < -0.3 is 10.6 Å². The van der Waals surface area contributed by atoms with Gasteiger partial charge >= 0.3 is 0 Å². The van der Waals surface area contributed by atoms with Gasteiger partial charge in [0.1, 0.15) is 12.1 Å². The van der Waals surface area contributed by atoms with Crippen LogP contribution in [0.5, 0.6) is 0 Å². The van der Waals surface area contributed by atoms with Gasteiger partial charge in [0.05, 0.1) is 22.9 Å². The molecule has 0 aliphatic heterocycles. The van der Waals surface area contributed by atoms with Gasteiger partial charge in [0.2, 0.25) is 5.91 Å². The lowest BCUT2D eigenvalue weighted by atomic mass is 10.2. The van der Waals surface area contributed by atoms with E-state index in [0.29, 0.717) is 22.8 Å². The van der Waals surface area contributed by atoms with Crippen LogP contribution in [-0.2, 0) is 4.79 Å². The first-order valence-corrected chi connectivity index (χ1v) is 8.68. The number of hydrogen-bond donors (Lipinski definition) is 2. The van der Waals surface area contributed by atoms with E-state index in [1.165, 1.54) is 6.92 Å². The number of anilines is 2. The van der Waals surface area contributed by atoms with Crippen molar-refractivity contribution < 1.29 is 9.59 Å². The molecule has 0 radical (unpaired) electrons. The van der Waals surface area contributed by atoms with E-state index in [1.54, 1.807) is 42.9 Å². The largest absolute Gasteiger partial charge is 0.326 e. The highest BCUT2D eigenvalue weighted by molar-refractivity contribution is 6.04. The molecular formula is C21H17N5O2. The summed E-state index contributed by atoms with van der Waals surface area (Å²) in [4.78, 5) is 32.2. The van der Waals surface area contributed by atoms with Crippen molar-refractivity contribution in [1.82, 2.24) is 14.5 Å². The van der Waals surface area contributed by atoms with Gasteiger partial charge in [-0.2, -0.15) is 0 Å². The first kappa shape index (κ1) is 17.4. The summed E-state index contributed by atoms with van der Waals surface area (Å²) in [6.45, 7) is 1.43. The topological polar surface area (TPSA) is 88.9 Å². The van der Waals surface area contributed by atoms with Crippen molar-refractivity contribution in [2.24, 2.45) is 0 Å². The molecule has 0 aliphatic rings. The van der Waals surface area contributed by atoms with Gasteiger partial charge in [0.25, 0.3) is 5.91 Å². The summed E-state index contributed by atoms with van der Waals surface area (Å²) in [5.74, 6) is 0.303. The third-order valence-corrected chi connectivity index (χ3v) is 4.17. The highest BCUT2D eigenvalue weighted by Gasteiger charge is 2.08. The van der Waals surface area contributed by atoms with Crippen molar-refractivity contribution >= 4 is 34.2 Å². The minimum atomic E-state index is -0.253. The molecule has 0 aliphatic carbocycles. The van der Waals surface area contributed by atoms with Crippen molar-refractivity contribution in [3.63, 3.8) is 0 Å². The Balaban J connectivity index is 1.48. The number of benzene rings is 2. The SMILES string of the molecule is CC(=O)Nc1ccc(C(=O)Nc2ccc(-n3cnc4ccccc43)nc2)cc1. The number of carbonyl (C=O) groups excluding carboxylic acids is 2. The molecular weight excluding hydrogens is 354 g/mol. The van der Waals surface area contributed by atoms with Gasteiger partial charge in [-0.1, -0.05) is 12.1 Å². The summed E-state index contributed by atoms with van der Waals surface area (Å²) in [5, 5.41) is 5.48. The van der Waals surface area contributed by atoms with Crippen LogP contribution >= 0.6 is 0 Å². The van der Waals surface area contributed by atoms with Crippen LogP contribution < -0.4 is 10.6 Å². The molecule has 4 rings (SSSR count). The molecule has 0 fully saturated rings. The van der Waals surface area contributed by atoms with E-state index in [-0.39, 0.29) is 11.8 Å². The molecule has 2 heterocycles. The normalized spacial score (nSPS) is 10.6. The minimum absolute atomic E-state index is 0.158. The summed E-state index contributed by atoms with van der Waals surface area (Å²) >= 11 is 0. The van der Waals surface area contributed by atoms with Crippen molar-refractivity contribution in [2.75, 3.05) is 10.6 Å². The number of hydrogen-bond acceptors (Lipinski definition) is 4. The average molecular weight is 371 g/mol. The Kier molecular flexibility index (Phi) is 4.55. The minimum Gasteiger partial charge on any atom is -0.326 e. The zero-order valence-electron chi connectivity index (χ0n) is 15.1. The lowest BCUT2D eigenvalue weighted by Gasteiger charge is -2.08. The van der Waals surface area contributed by atoms with Gasteiger partial charge in [-0.05, 0) is 48.5 Å². The predicted molar refractivity (Wildman–Crippen MR) is 108 cm³/mol. The summed E-state index contributed by atoms with van der Waals surface area (Å²) in [5.41, 5.74) is 3.57. The number of carbonyl (C=O) groups is 2. The number of imidazole rings is 1. The zero-order chi connectivity index (χ0) is 19.5. The van der Waals surface area contributed by atoms with Crippen molar-refractivity contribution in [2.45, 2.75) is 6.92 Å². The molecule has 7 nitrogen and oxygen atoms in total. The van der Waals surface area contributed by atoms with Crippen LogP contribution in [0.4, 0.5) is 11.4 Å². The smallest absolute Gasteiger partial charge is 0.255 e. The van der Waals surface area contributed by atoms with Gasteiger partial charge in [-0.25, -0.2) is 9.97 Å². The number of amides is 2. The van der Waals surface area contributed by atoms with Gasteiger partial charge in [-0.15, -0.1) is 0 Å². The monoisotopic (exact) mass is 371 g/mol. The zero-order valence-corrected chi connectivity index (χ0v) is 15.1. The third kappa shape index (κ3) is 3.59. The van der Waals surface area contributed by atoms with Gasteiger partial charge in [0, 0.05) is 18.2 Å². The molecule has 2 N–H and O–H groups in total. The molecule has 0 atom stereocenters. The number of para-hydroxylation sites is 2. The van der Waals surface area contributed by atoms with E-state index < -0.39 is 0 Å². The molecule has 2 aromatic carbocycles. The van der Waals surface area contributed by atoms with Crippen LogP contribution in [0.25, 0.3) is 16.9 Å². The molecule has 138 valence electrons. The second-order valence-electron chi connectivity index (χ2n) is 6.22. The Morgan fingerprint density at radius 2 is 1.61 bits per heavy atom. The molecule has 0 unspecified atom stereocenters. The molecule has 2 aromatic heterocycles. The third-order valence-electron chi connectivity index (χ3n) is 4.17. The van der Waals surface area contributed by atoms with E-state index in [1.807, 2.05) is 34.9 Å². The number of nitrogens with zero attached hydrogens (tertiary/aromatic N) is 3. The maximum atomic E-state index is 12.4. The maximum Gasteiger partial charge on any atom is 0.255 e. The number of fused-ring (bicyclic) bond motifs is 1. The number of nitrogens with one attached hydrogen (secondary N) is 2. The summed E-state index contributed by atoms with van der Waals surface area (Å²) in [6, 6.07) is 18.1. The van der Waals surface area contributed by atoms with E-state index in [2.05, 4.69) is 20.6 Å². The maximum absolute atomic E-state index is 12.4. The van der Waals surface area contributed by atoms with Gasteiger partial charge in [0.15, 0.2) is 0 Å². The molecule has 0 bridgehead atoms. The molecule has 0 saturated carbocycles. The Hall–Kier alpha value is -4.00. The Bertz CT molecular complexity index is 1150. The fourth-order valence-electron chi connectivity index (χ4n) is 2.86. The number of aromatic nitrogens is 3. The van der Waals surface area contributed by atoms with Gasteiger partial charge in [-0.3, -0.25) is 14.2 Å². The van der Waals surface area contributed by atoms with Crippen LogP contribution in [0.3, 0.4) is 0 Å². The second-order valence-corrected chi connectivity index (χ2v) is 6.22. The highest BCUT2D eigenvalue weighted by Crippen LogP contribution is 2.18. The molecule has 0 spiro atoms. The molecule has 2 amide bonds. The fraction of sp³-hybridized carbons (Fsp3) is 0.0476. The number of pyridine rings is 1. The highest BCUT2D eigenvalue weighted by atomic mass is 16.2. The van der Waals surface area contributed by atoms with Crippen LogP contribution in [-0.4, -0.2) is 26.3 Å². The van der Waals surface area contributed by atoms with Crippen LogP contribution in [0, 0.1) is 0 Å². The summed E-state index contributed by atoms with van der Waals surface area (Å²) in [6.07, 6.45) is 3.33. The van der Waals surface area contributed by atoms with E-state index in [0.717, 1.165) is 11.0 Å². The van der Waals surface area contributed by atoms with Crippen LogP contribution in [0.15, 0.2) is 73.2 Å². The summed E-state index contributed by atoms with van der Waals surface area (Å²) in [7, 11) is 0.